The molecule has 0 saturated heterocycles. The van der Waals surface area contributed by atoms with Crippen LogP contribution in [0.15, 0.2) is 23.7 Å². The number of methoxy groups -OCH3 is 1. The van der Waals surface area contributed by atoms with Crippen molar-refractivity contribution in [2.75, 3.05) is 7.11 Å². The number of carbonyl (C=O) groups is 1. The minimum atomic E-state index is 0.0567. The van der Waals surface area contributed by atoms with Gasteiger partial charge in [-0.15, -0.1) is 11.3 Å². The van der Waals surface area contributed by atoms with E-state index in [1.807, 2.05) is 28.4 Å². The lowest BCUT2D eigenvalue weighted by Crippen LogP contribution is -2.07. The molecule has 0 aliphatic rings. The number of hydrogen-bond acceptors (Lipinski definition) is 4. The molecule has 2 aromatic rings. The van der Waals surface area contributed by atoms with Crippen LogP contribution in [-0.2, 0) is 6.42 Å². The van der Waals surface area contributed by atoms with E-state index in [2.05, 4.69) is 18.9 Å². The zero-order chi connectivity index (χ0) is 13.8. The number of thiophene rings is 1. The van der Waals surface area contributed by atoms with Crippen LogP contribution in [0.3, 0.4) is 0 Å². The van der Waals surface area contributed by atoms with E-state index >= 15 is 0 Å². The number of Topliss-reactive ketones (excluding diaryl/α,β-unsaturated/α-hetero) is 1. The van der Waals surface area contributed by atoms with Crippen molar-refractivity contribution in [3.63, 3.8) is 0 Å². The number of hydrogen-bond donors (Lipinski definition) is 0. The largest absolute Gasteiger partial charge is 0.495 e. The molecule has 0 N–H and O–H groups in total. The fraction of sp³-hybridized carbons (Fsp3) is 0.429. The van der Waals surface area contributed by atoms with Crippen LogP contribution in [0.1, 0.15) is 41.7 Å². The molecular formula is C14H18N2O2S. The minimum absolute atomic E-state index is 0.0567. The summed E-state index contributed by atoms with van der Waals surface area (Å²) in [6.07, 6.45) is 3.27. The van der Waals surface area contributed by atoms with Gasteiger partial charge < -0.3 is 4.74 Å². The smallest absolute Gasteiger partial charge is 0.182 e. The maximum atomic E-state index is 12.2. The average molecular weight is 278 g/mol. The molecule has 2 aromatic heterocycles. The quantitative estimate of drug-likeness (QED) is 0.761. The van der Waals surface area contributed by atoms with Crippen LogP contribution < -0.4 is 4.74 Å². The minimum Gasteiger partial charge on any atom is -0.495 e. The Labute approximate surface area is 117 Å². The Hall–Kier alpha value is -1.62. The van der Waals surface area contributed by atoms with Crippen LogP contribution in [0.25, 0.3) is 0 Å². The Kier molecular flexibility index (Phi) is 4.37. The van der Waals surface area contributed by atoms with Crippen molar-refractivity contribution >= 4 is 17.1 Å². The van der Waals surface area contributed by atoms with Gasteiger partial charge in [-0.05, 0) is 30.9 Å². The van der Waals surface area contributed by atoms with Crippen molar-refractivity contribution in [1.29, 1.82) is 0 Å². The molecule has 4 nitrogen and oxygen atoms in total. The third-order valence-electron chi connectivity index (χ3n) is 3.15. The number of carbonyl (C=O) groups excluding carboxylic acids is 1. The maximum absolute atomic E-state index is 12.2. The number of rotatable bonds is 6. The Bertz CT molecular complexity index is 559. The summed E-state index contributed by atoms with van der Waals surface area (Å²) in [6, 6.07) is 4.08. The van der Waals surface area contributed by atoms with E-state index in [4.69, 9.17) is 4.74 Å². The highest BCUT2D eigenvalue weighted by atomic mass is 32.1. The van der Waals surface area contributed by atoms with E-state index in [9.17, 15) is 4.79 Å². The fourth-order valence-corrected chi connectivity index (χ4v) is 2.61. The predicted octanol–water partition coefficient (Wildman–Crippen LogP) is 3.35. The van der Waals surface area contributed by atoms with E-state index < -0.39 is 0 Å². The van der Waals surface area contributed by atoms with Crippen molar-refractivity contribution in [3.8, 4) is 5.75 Å². The second-order valence-corrected chi connectivity index (χ2v) is 5.38. The highest BCUT2D eigenvalue weighted by molar-refractivity contribution is 7.12. The summed E-state index contributed by atoms with van der Waals surface area (Å²) in [7, 11) is 1.58. The van der Waals surface area contributed by atoms with Gasteiger partial charge in [0.2, 0.25) is 0 Å². The zero-order valence-electron chi connectivity index (χ0n) is 11.4. The normalized spacial score (nSPS) is 12.4. The van der Waals surface area contributed by atoms with Gasteiger partial charge in [0, 0.05) is 12.2 Å². The standard InChI is InChI=1S/C14H18N2O2S/c1-4-10(2)16-7-5-11(15-16)9-12(17)14-13(18-3)6-8-19-14/h5-8,10H,4,9H2,1-3H3. The molecule has 5 heteroatoms. The van der Waals surface area contributed by atoms with Gasteiger partial charge in [-0.25, -0.2) is 0 Å². The third-order valence-corrected chi connectivity index (χ3v) is 4.09. The first-order chi connectivity index (χ1) is 9.15. The Morgan fingerprint density at radius 2 is 2.32 bits per heavy atom. The summed E-state index contributed by atoms with van der Waals surface area (Å²) in [5.74, 6) is 0.706. The Morgan fingerprint density at radius 1 is 1.53 bits per heavy atom. The van der Waals surface area contributed by atoms with Gasteiger partial charge in [0.25, 0.3) is 0 Å². The monoisotopic (exact) mass is 278 g/mol. The summed E-state index contributed by atoms with van der Waals surface area (Å²) in [6.45, 7) is 4.23. The first kappa shape index (κ1) is 13.8. The lowest BCUT2D eigenvalue weighted by Gasteiger charge is -2.08. The van der Waals surface area contributed by atoms with Crippen molar-refractivity contribution in [3.05, 3.63) is 34.3 Å². The average Bonchev–Trinajstić information content (AvgIpc) is 3.05. The van der Waals surface area contributed by atoms with Crippen molar-refractivity contribution in [2.24, 2.45) is 0 Å². The van der Waals surface area contributed by atoms with Gasteiger partial charge in [-0.1, -0.05) is 6.92 Å². The molecular weight excluding hydrogens is 260 g/mol. The van der Waals surface area contributed by atoms with Crippen molar-refractivity contribution in [1.82, 2.24) is 9.78 Å². The molecule has 1 atom stereocenters. The Morgan fingerprint density at radius 3 is 3.00 bits per heavy atom. The summed E-state index contributed by atoms with van der Waals surface area (Å²) in [5.41, 5.74) is 0.806. The molecule has 1 unspecified atom stereocenters. The molecule has 2 rings (SSSR count). The van der Waals surface area contributed by atoms with Crippen molar-refractivity contribution in [2.45, 2.75) is 32.7 Å². The van der Waals surface area contributed by atoms with E-state index in [1.54, 1.807) is 7.11 Å². The molecule has 0 fully saturated rings. The van der Waals surface area contributed by atoms with E-state index in [0.717, 1.165) is 12.1 Å². The van der Waals surface area contributed by atoms with Gasteiger partial charge in [0.05, 0.1) is 19.2 Å². The van der Waals surface area contributed by atoms with Gasteiger partial charge in [-0.3, -0.25) is 9.48 Å². The van der Waals surface area contributed by atoms with E-state index in [-0.39, 0.29) is 5.78 Å². The molecule has 0 aromatic carbocycles. The lowest BCUT2D eigenvalue weighted by molar-refractivity contribution is 0.0993. The number of ketones is 1. The van der Waals surface area contributed by atoms with Gasteiger partial charge in [0.1, 0.15) is 10.6 Å². The molecule has 2 heterocycles. The number of aromatic nitrogens is 2. The van der Waals surface area contributed by atoms with Gasteiger partial charge in [-0.2, -0.15) is 5.10 Å². The molecule has 0 bridgehead atoms. The molecule has 0 saturated carbocycles. The summed E-state index contributed by atoms with van der Waals surface area (Å²) >= 11 is 1.41. The summed E-state index contributed by atoms with van der Waals surface area (Å²) < 4.78 is 7.08. The van der Waals surface area contributed by atoms with Gasteiger partial charge >= 0.3 is 0 Å². The zero-order valence-corrected chi connectivity index (χ0v) is 12.2. The summed E-state index contributed by atoms with van der Waals surface area (Å²) in [4.78, 5) is 12.9. The predicted molar refractivity (Wildman–Crippen MR) is 76.1 cm³/mol. The maximum Gasteiger partial charge on any atom is 0.182 e. The molecule has 102 valence electrons. The van der Waals surface area contributed by atoms with Crippen LogP contribution in [0.4, 0.5) is 0 Å². The van der Waals surface area contributed by atoms with E-state index in [1.165, 1.54) is 11.3 Å². The number of nitrogens with zero attached hydrogens (tertiary/aromatic N) is 2. The SMILES string of the molecule is CCC(C)n1ccc(CC(=O)c2sccc2OC)n1. The molecule has 0 radical (unpaired) electrons. The highest BCUT2D eigenvalue weighted by Crippen LogP contribution is 2.25. The molecule has 19 heavy (non-hydrogen) atoms. The first-order valence-electron chi connectivity index (χ1n) is 6.34. The molecule has 0 amide bonds. The number of ether oxygens (including phenoxy) is 1. The third kappa shape index (κ3) is 3.04. The van der Waals surface area contributed by atoms with Crippen LogP contribution in [-0.4, -0.2) is 22.7 Å². The van der Waals surface area contributed by atoms with Gasteiger partial charge in [0.15, 0.2) is 5.78 Å². The fourth-order valence-electron chi connectivity index (χ4n) is 1.81. The van der Waals surface area contributed by atoms with Crippen LogP contribution in [0, 0.1) is 0 Å². The lowest BCUT2D eigenvalue weighted by atomic mass is 10.2. The van der Waals surface area contributed by atoms with Crippen LogP contribution >= 0.6 is 11.3 Å². The molecule has 0 spiro atoms. The second kappa shape index (κ2) is 6.02. The van der Waals surface area contributed by atoms with Crippen LogP contribution in [0.5, 0.6) is 5.75 Å². The second-order valence-electron chi connectivity index (χ2n) is 4.46. The van der Waals surface area contributed by atoms with E-state index in [0.29, 0.717) is 23.1 Å². The first-order valence-corrected chi connectivity index (χ1v) is 7.22. The molecule has 0 aliphatic carbocycles. The summed E-state index contributed by atoms with van der Waals surface area (Å²) in [5, 5.41) is 6.31. The van der Waals surface area contributed by atoms with Crippen molar-refractivity contribution < 1.29 is 9.53 Å². The molecule has 0 aliphatic heterocycles. The topological polar surface area (TPSA) is 44.1 Å². The Balaban J connectivity index is 2.09. The van der Waals surface area contributed by atoms with Crippen LogP contribution in [0.2, 0.25) is 0 Å². The highest BCUT2D eigenvalue weighted by Gasteiger charge is 2.16.